The van der Waals surface area contributed by atoms with Gasteiger partial charge in [0, 0.05) is 6.42 Å². The molecule has 0 radical (unpaired) electrons. The number of fused-ring (bicyclic) bond motifs is 1. The molecule has 2 aliphatic rings. The predicted octanol–water partition coefficient (Wildman–Crippen LogP) is 3.59. The van der Waals surface area contributed by atoms with Crippen LogP contribution in [0.5, 0.6) is 0 Å². The third kappa shape index (κ3) is 2.02. The summed E-state index contributed by atoms with van der Waals surface area (Å²) in [6, 6.07) is 0. The molecule has 0 bridgehead atoms. The Labute approximate surface area is 92.9 Å². The molecule has 0 saturated heterocycles. The van der Waals surface area contributed by atoms with Gasteiger partial charge >= 0.3 is 0 Å². The number of rotatable bonds is 1. The fourth-order valence-corrected chi connectivity index (χ4v) is 3.35. The first-order chi connectivity index (χ1) is 7.09. The molecule has 0 spiro atoms. The summed E-state index contributed by atoms with van der Waals surface area (Å²) in [7, 11) is 0. The number of hydrogen-bond donors (Lipinski definition) is 0. The molecule has 1 unspecified atom stereocenters. The van der Waals surface area contributed by atoms with Crippen LogP contribution in [0.1, 0.15) is 46.5 Å². The topological polar surface area (TPSA) is 17.1 Å². The molecule has 0 aliphatic heterocycles. The summed E-state index contributed by atoms with van der Waals surface area (Å²) in [5, 5.41) is 0. The van der Waals surface area contributed by atoms with E-state index >= 15 is 0 Å². The van der Waals surface area contributed by atoms with Crippen LogP contribution in [-0.4, -0.2) is 5.78 Å². The molecule has 1 nitrogen and oxygen atoms in total. The molecule has 1 heteroatoms. The van der Waals surface area contributed by atoms with Gasteiger partial charge in [-0.1, -0.05) is 26.3 Å². The maximum atomic E-state index is 11.5. The highest BCUT2D eigenvalue weighted by molar-refractivity contribution is 5.91. The Morgan fingerprint density at radius 2 is 2.00 bits per heavy atom. The highest BCUT2D eigenvalue weighted by Crippen LogP contribution is 2.45. The second-order valence-corrected chi connectivity index (χ2v) is 5.66. The zero-order chi connectivity index (χ0) is 11.0. The lowest BCUT2D eigenvalue weighted by Gasteiger charge is -2.41. The van der Waals surface area contributed by atoms with Crippen LogP contribution in [0.3, 0.4) is 0 Å². The molecule has 1 fully saturated rings. The Bertz CT molecular complexity index is 288. The third-order valence-corrected chi connectivity index (χ3v) is 4.31. The zero-order valence-corrected chi connectivity index (χ0v) is 10.1. The second-order valence-electron chi connectivity index (χ2n) is 5.66. The van der Waals surface area contributed by atoms with Crippen LogP contribution in [0.4, 0.5) is 0 Å². The van der Waals surface area contributed by atoms with E-state index in [1.54, 1.807) is 0 Å². The minimum absolute atomic E-state index is 0.362. The number of allylic oxidation sites excluding steroid dienone is 2. The first-order valence-corrected chi connectivity index (χ1v) is 6.34. The van der Waals surface area contributed by atoms with E-state index in [9.17, 15) is 4.79 Å². The van der Waals surface area contributed by atoms with Gasteiger partial charge in [0.15, 0.2) is 5.78 Å². The summed E-state index contributed by atoms with van der Waals surface area (Å²) in [6.45, 7) is 6.93. The van der Waals surface area contributed by atoms with Crippen molar-refractivity contribution in [3.63, 3.8) is 0 Å². The molecule has 0 amide bonds. The van der Waals surface area contributed by atoms with Gasteiger partial charge in [-0.2, -0.15) is 0 Å². The quantitative estimate of drug-likeness (QED) is 0.640. The molecular formula is C14H22O. The van der Waals surface area contributed by atoms with Gasteiger partial charge in [-0.05, 0) is 49.0 Å². The van der Waals surface area contributed by atoms with Crippen LogP contribution in [0, 0.1) is 23.7 Å². The van der Waals surface area contributed by atoms with Gasteiger partial charge in [0.1, 0.15) is 0 Å². The van der Waals surface area contributed by atoms with Gasteiger partial charge < -0.3 is 0 Å². The van der Waals surface area contributed by atoms with Gasteiger partial charge in [-0.15, -0.1) is 0 Å². The van der Waals surface area contributed by atoms with Crippen molar-refractivity contribution in [1.82, 2.24) is 0 Å². The molecular weight excluding hydrogens is 184 g/mol. The van der Waals surface area contributed by atoms with Crippen LogP contribution < -0.4 is 0 Å². The standard InChI is InChI=1S/C14H22O/c1-9(2)12-6-4-10(3)13-7-5-11(15)8-14(12)13/h8-10,12-13H,4-7H2,1-3H3/t10-,12?,13+/m1/s1. The van der Waals surface area contributed by atoms with Crippen LogP contribution >= 0.6 is 0 Å². The first kappa shape index (κ1) is 10.9. The van der Waals surface area contributed by atoms with E-state index in [4.69, 9.17) is 0 Å². The summed E-state index contributed by atoms with van der Waals surface area (Å²) < 4.78 is 0. The summed E-state index contributed by atoms with van der Waals surface area (Å²) >= 11 is 0. The Hall–Kier alpha value is -0.590. The van der Waals surface area contributed by atoms with E-state index in [1.807, 2.05) is 6.08 Å². The molecule has 0 aromatic carbocycles. The zero-order valence-electron chi connectivity index (χ0n) is 10.1. The predicted molar refractivity (Wildman–Crippen MR) is 62.5 cm³/mol. The average Bonchev–Trinajstić information content (AvgIpc) is 2.17. The molecule has 3 atom stereocenters. The molecule has 84 valence electrons. The van der Waals surface area contributed by atoms with Crippen molar-refractivity contribution in [2.24, 2.45) is 23.7 Å². The number of ketones is 1. The molecule has 0 heterocycles. The molecule has 2 rings (SSSR count). The fraction of sp³-hybridized carbons (Fsp3) is 0.786. The van der Waals surface area contributed by atoms with Crippen molar-refractivity contribution in [2.45, 2.75) is 46.5 Å². The van der Waals surface area contributed by atoms with Gasteiger partial charge in [0.05, 0.1) is 0 Å². The van der Waals surface area contributed by atoms with Gasteiger partial charge in [0.2, 0.25) is 0 Å². The number of carbonyl (C=O) groups is 1. The van der Waals surface area contributed by atoms with Crippen molar-refractivity contribution in [2.75, 3.05) is 0 Å². The van der Waals surface area contributed by atoms with Gasteiger partial charge in [-0.25, -0.2) is 0 Å². The van der Waals surface area contributed by atoms with Crippen LogP contribution in [0.25, 0.3) is 0 Å². The third-order valence-electron chi connectivity index (χ3n) is 4.31. The van der Waals surface area contributed by atoms with Crippen molar-refractivity contribution >= 4 is 5.78 Å². The van der Waals surface area contributed by atoms with E-state index < -0.39 is 0 Å². The maximum Gasteiger partial charge on any atom is 0.155 e. The van der Waals surface area contributed by atoms with E-state index in [2.05, 4.69) is 20.8 Å². The molecule has 0 aromatic rings. The normalized spacial score (nSPS) is 36.4. The molecule has 0 aromatic heterocycles. The Balaban J connectivity index is 2.27. The van der Waals surface area contributed by atoms with Crippen molar-refractivity contribution in [3.05, 3.63) is 11.6 Å². The fourth-order valence-electron chi connectivity index (χ4n) is 3.35. The Kier molecular flexibility index (Phi) is 2.99. The van der Waals surface area contributed by atoms with Crippen molar-refractivity contribution in [1.29, 1.82) is 0 Å². The lowest BCUT2D eigenvalue weighted by molar-refractivity contribution is -0.115. The van der Waals surface area contributed by atoms with E-state index in [-0.39, 0.29) is 0 Å². The average molecular weight is 206 g/mol. The summed E-state index contributed by atoms with van der Waals surface area (Å²) in [5.41, 5.74) is 1.49. The highest BCUT2D eigenvalue weighted by atomic mass is 16.1. The monoisotopic (exact) mass is 206 g/mol. The minimum Gasteiger partial charge on any atom is -0.295 e. The summed E-state index contributed by atoms with van der Waals surface area (Å²) in [6.07, 6.45) is 6.50. The first-order valence-electron chi connectivity index (χ1n) is 6.34. The molecule has 1 saturated carbocycles. The van der Waals surface area contributed by atoms with Gasteiger partial charge in [-0.3, -0.25) is 4.79 Å². The maximum absolute atomic E-state index is 11.5. The van der Waals surface area contributed by atoms with Crippen molar-refractivity contribution in [3.8, 4) is 0 Å². The SMILES string of the molecule is CC(C)C1CC[C@@H](C)[C@@H]2CCC(=O)C=C12. The largest absolute Gasteiger partial charge is 0.295 e. The number of carbonyl (C=O) groups excluding carboxylic acids is 1. The Morgan fingerprint density at radius 3 is 2.67 bits per heavy atom. The molecule has 15 heavy (non-hydrogen) atoms. The van der Waals surface area contributed by atoms with Crippen LogP contribution in [0.2, 0.25) is 0 Å². The van der Waals surface area contributed by atoms with Crippen molar-refractivity contribution < 1.29 is 4.79 Å². The van der Waals surface area contributed by atoms with E-state index in [1.165, 1.54) is 18.4 Å². The summed E-state index contributed by atoms with van der Waals surface area (Å²) in [4.78, 5) is 11.5. The van der Waals surface area contributed by atoms with Gasteiger partial charge in [0.25, 0.3) is 0 Å². The summed E-state index contributed by atoms with van der Waals surface area (Å²) in [5.74, 6) is 3.23. The molecule has 2 aliphatic carbocycles. The van der Waals surface area contributed by atoms with Crippen LogP contribution in [0.15, 0.2) is 11.6 Å². The Morgan fingerprint density at radius 1 is 1.27 bits per heavy atom. The lowest BCUT2D eigenvalue weighted by Crippen LogP contribution is -2.32. The minimum atomic E-state index is 0.362. The lowest BCUT2D eigenvalue weighted by atomic mass is 9.64. The van der Waals surface area contributed by atoms with E-state index in [0.29, 0.717) is 23.5 Å². The van der Waals surface area contributed by atoms with Crippen LogP contribution in [-0.2, 0) is 4.79 Å². The number of hydrogen-bond acceptors (Lipinski definition) is 1. The molecule has 0 N–H and O–H groups in total. The highest BCUT2D eigenvalue weighted by Gasteiger charge is 2.36. The smallest absolute Gasteiger partial charge is 0.155 e. The second kappa shape index (κ2) is 4.11. The van der Waals surface area contributed by atoms with E-state index in [0.717, 1.165) is 18.8 Å².